The van der Waals surface area contributed by atoms with Crippen molar-refractivity contribution in [2.24, 2.45) is 5.73 Å². The summed E-state index contributed by atoms with van der Waals surface area (Å²) < 4.78 is 18.5. The molecule has 0 fully saturated rings. The molecule has 0 amide bonds. The summed E-state index contributed by atoms with van der Waals surface area (Å²) in [5.41, 5.74) is 7.77. The summed E-state index contributed by atoms with van der Waals surface area (Å²) in [6.07, 6.45) is 0. The first-order chi connectivity index (χ1) is 9.47. The lowest BCUT2D eigenvalue weighted by molar-refractivity contribution is 0.205. The lowest BCUT2D eigenvalue weighted by atomic mass is 9.99. The number of nitrogens with two attached hydrogens (primary N) is 1. The Morgan fingerprint density at radius 3 is 2.70 bits per heavy atom. The first-order valence-electron chi connectivity index (χ1n) is 6.61. The van der Waals surface area contributed by atoms with Gasteiger partial charge in [-0.25, -0.2) is 4.39 Å². The van der Waals surface area contributed by atoms with E-state index >= 15 is 0 Å². The number of halogens is 1. The van der Waals surface area contributed by atoms with Gasteiger partial charge < -0.3 is 10.3 Å². The third kappa shape index (κ3) is 3.43. The molecular formula is C15H20FN3O. The highest BCUT2D eigenvalue weighted by atomic mass is 19.1. The average Bonchev–Trinajstić information content (AvgIpc) is 2.74. The van der Waals surface area contributed by atoms with Crippen LogP contribution >= 0.6 is 0 Å². The number of rotatable bonds is 5. The van der Waals surface area contributed by atoms with Crippen LogP contribution in [0.1, 0.15) is 30.0 Å². The van der Waals surface area contributed by atoms with E-state index in [1.165, 1.54) is 12.1 Å². The summed E-state index contributed by atoms with van der Waals surface area (Å²) in [6.45, 7) is 4.37. The highest BCUT2D eigenvalue weighted by Crippen LogP contribution is 2.24. The number of hydrogen-bond acceptors (Lipinski definition) is 4. The van der Waals surface area contributed by atoms with E-state index in [2.05, 4.69) is 10.1 Å². The van der Waals surface area contributed by atoms with E-state index in [-0.39, 0.29) is 17.9 Å². The van der Waals surface area contributed by atoms with Crippen LogP contribution in [0, 0.1) is 12.7 Å². The van der Waals surface area contributed by atoms with Crippen molar-refractivity contribution in [2.75, 3.05) is 7.05 Å². The molecule has 2 N–H and O–H groups in total. The lowest BCUT2D eigenvalue weighted by Crippen LogP contribution is -2.37. The zero-order valence-electron chi connectivity index (χ0n) is 12.0. The van der Waals surface area contributed by atoms with Gasteiger partial charge in [0.2, 0.25) is 0 Å². The van der Waals surface area contributed by atoms with Crippen LogP contribution in [0.3, 0.4) is 0 Å². The third-order valence-electron chi connectivity index (χ3n) is 3.25. The smallest absolute Gasteiger partial charge is 0.133 e. The Bertz CT molecular complexity index is 568. The summed E-state index contributed by atoms with van der Waals surface area (Å²) >= 11 is 0. The fraction of sp³-hybridized carbons (Fsp3) is 0.400. The monoisotopic (exact) mass is 277 g/mol. The minimum atomic E-state index is -0.251. The molecule has 0 radical (unpaired) electrons. The SMILES string of the molecule is Cc1cc(CN(C)C(c2cccc(F)c2)C(C)N)no1. The maximum atomic E-state index is 13.4. The molecule has 0 aliphatic heterocycles. The van der Waals surface area contributed by atoms with Gasteiger partial charge in [-0.2, -0.15) is 0 Å². The number of nitrogens with zero attached hydrogens (tertiary/aromatic N) is 2. The first kappa shape index (κ1) is 14.7. The van der Waals surface area contributed by atoms with Crippen molar-refractivity contribution >= 4 is 0 Å². The van der Waals surface area contributed by atoms with Gasteiger partial charge in [0.1, 0.15) is 11.6 Å². The fourth-order valence-corrected chi connectivity index (χ4v) is 2.50. The predicted octanol–water partition coefficient (Wildman–Crippen LogP) is 2.64. The maximum Gasteiger partial charge on any atom is 0.133 e. The Hall–Kier alpha value is -1.72. The molecule has 1 heterocycles. The van der Waals surface area contributed by atoms with Gasteiger partial charge in [-0.05, 0) is 38.6 Å². The van der Waals surface area contributed by atoms with Gasteiger partial charge in [0.05, 0.1) is 5.69 Å². The third-order valence-corrected chi connectivity index (χ3v) is 3.25. The normalized spacial score (nSPS) is 14.5. The second-order valence-electron chi connectivity index (χ2n) is 5.20. The number of benzene rings is 1. The molecule has 1 aromatic carbocycles. The van der Waals surface area contributed by atoms with Crippen molar-refractivity contribution in [1.82, 2.24) is 10.1 Å². The number of aromatic nitrogens is 1. The Labute approximate surface area is 118 Å². The van der Waals surface area contributed by atoms with Gasteiger partial charge >= 0.3 is 0 Å². The number of likely N-dealkylation sites (N-methyl/N-ethyl adjacent to an activating group) is 1. The van der Waals surface area contributed by atoms with Crippen LogP contribution in [0.5, 0.6) is 0 Å². The van der Waals surface area contributed by atoms with Gasteiger partial charge in [0, 0.05) is 24.7 Å². The van der Waals surface area contributed by atoms with E-state index in [9.17, 15) is 4.39 Å². The van der Waals surface area contributed by atoms with Crippen molar-refractivity contribution in [3.8, 4) is 0 Å². The quantitative estimate of drug-likeness (QED) is 0.913. The second-order valence-corrected chi connectivity index (χ2v) is 5.20. The fourth-order valence-electron chi connectivity index (χ4n) is 2.50. The van der Waals surface area contributed by atoms with E-state index in [1.54, 1.807) is 6.07 Å². The molecule has 108 valence electrons. The van der Waals surface area contributed by atoms with Crippen LogP contribution in [-0.4, -0.2) is 23.1 Å². The van der Waals surface area contributed by atoms with Crippen molar-refractivity contribution in [3.63, 3.8) is 0 Å². The lowest BCUT2D eigenvalue weighted by Gasteiger charge is -2.30. The highest BCUT2D eigenvalue weighted by Gasteiger charge is 2.22. The number of hydrogen-bond donors (Lipinski definition) is 1. The molecule has 5 heteroatoms. The van der Waals surface area contributed by atoms with Crippen LogP contribution in [0.4, 0.5) is 4.39 Å². The standard InChI is InChI=1S/C15H20FN3O/c1-10-7-14(18-20-10)9-19(3)15(11(2)17)12-5-4-6-13(16)8-12/h4-8,11,15H,9,17H2,1-3H3. The van der Waals surface area contributed by atoms with Gasteiger partial charge in [0.25, 0.3) is 0 Å². The topological polar surface area (TPSA) is 55.3 Å². The minimum Gasteiger partial charge on any atom is -0.361 e. The molecule has 0 saturated carbocycles. The molecular weight excluding hydrogens is 257 g/mol. The molecule has 0 spiro atoms. The van der Waals surface area contributed by atoms with E-state index in [4.69, 9.17) is 10.3 Å². The molecule has 20 heavy (non-hydrogen) atoms. The molecule has 2 atom stereocenters. The van der Waals surface area contributed by atoms with Gasteiger partial charge in [0.15, 0.2) is 0 Å². The van der Waals surface area contributed by atoms with Crippen LogP contribution in [0.25, 0.3) is 0 Å². The summed E-state index contributed by atoms with van der Waals surface area (Å²) in [5.74, 6) is 0.523. The molecule has 1 aromatic heterocycles. The van der Waals surface area contributed by atoms with Gasteiger partial charge in [-0.3, -0.25) is 4.90 Å². The van der Waals surface area contributed by atoms with Crippen LogP contribution < -0.4 is 5.73 Å². The Kier molecular flexibility index (Phi) is 4.52. The molecule has 0 aliphatic rings. The minimum absolute atomic E-state index is 0.0808. The molecule has 2 aromatic rings. The predicted molar refractivity (Wildman–Crippen MR) is 75.5 cm³/mol. The van der Waals surface area contributed by atoms with Crippen molar-refractivity contribution < 1.29 is 8.91 Å². The summed E-state index contributed by atoms with van der Waals surface area (Å²) in [6, 6.07) is 8.23. The summed E-state index contributed by atoms with van der Waals surface area (Å²) in [7, 11) is 1.95. The van der Waals surface area contributed by atoms with Crippen LogP contribution in [-0.2, 0) is 6.54 Å². The van der Waals surface area contributed by atoms with Crippen molar-refractivity contribution in [1.29, 1.82) is 0 Å². The molecule has 4 nitrogen and oxygen atoms in total. The Morgan fingerprint density at radius 2 is 2.15 bits per heavy atom. The molecule has 0 saturated heterocycles. The number of aryl methyl sites for hydroxylation is 1. The zero-order valence-corrected chi connectivity index (χ0v) is 12.0. The summed E-state index contributed by atoms with van der Waals surface area (Å²) in [4.78, 5) is 2.05. The van der Waals surface area contributed by atoms with Crippen LogP contribution in [0.2, 0.25) is 0 Å². The Morgan fingerprint density at radius 1 is 1.40 bits per heavy atom. The Balaban J connectivity index is 2.20. The zero-order chi connectivity index (χ0) is 14.7. The highest BCUT2D eigenvalue weighted by molar-refractivity contribution is 5.22. The van der Waals surface area contributed by atoms with Gasteiger partial charge in [-0.15, -0.1) is 0 Å². The van der Waals surface area contributed by atoms with Crippen molar-refractivity contribution in [3.05, 3.63) is 53.2 Å². The molecule has 0 bridgehead atoms. The average molecular weight is 277 g/mol. The molecule has 0 aliphatic carbocycles. The molecule has 2 unspecified atom stereocenters. The van der Waals surface area contributed by atoms with E-state index in [1.807, 2.05) is 33.0 Å². The first-order valence-corrected chi connectivity index (χ1v) is 6.61. The van der Waals surface area contributed by atoms with Gasteiger partial charge in [-0.1, -0.05) is 17.3 Å². The second kappa shape index (κ2) is 6.15. The maximum absolute atomic E-state index is 13.4. The van der Waals surface area contributed by atoms with Crippen molar-refractivity contribution in [2.45, 2.75) is 32.5 Å². The molecule has 2 rings (SSSR count). The largest absolute Gasteiger partial charge is 0.361 e. The van der Waals surface area contributed by atoms with Crippen LogP contribution in [0.15, 0.2) is 34.9 Å². The van der Waals surface area contributed by atoms with E-state index in [0.717, 1.165) is 17.0 Å². The summed E-state index contributed by atoms with van der Waals surface area (Å²) in [5, 5.41) is 3.98. The van der Waals surface area contributed by atoms with E-state index in [0.29, 0.717) is 6.54 Å². The van der Waals surface area contributed by atoms with E-state index < -0.39 is 0 Å².